The van der Waals surface area contributed by atoms with Crippen LogP contribution in [0.3, 0.4) is 0 Å². The highest BCUT2D eigenvalue weighted by molar-refractivity contribution is 6.60. The highest BCUT2D eigenvalue weighted by Gasteiger charge is 2.21. The Hall–Kier alpha value is -2.60. The van der Waals surface area contributed by atoms with Crippen molar-refractivity contribution in [3.8, 4) is 5.75 Å². The summed E-state index contributed by atoms with van der Waals surface area (Å²) in [6, 6.07) is 14.3. The Bertz CT molecular complexity index is 751. The van der Waals surface area contributed by atoms with Crippen LogP contribution in [0, 0.1) is 0 Å². The quantitative estimate of drug-likeness (QED) is 0.670. The average molecular weight is 342 g/mol. The second kappa shape index (κ2) is 7.99. The molecule has 4 nitrogen and oxygen atoms in total. The van der Waals surface area contributed by atoms with Gasteiger partial charge in [-0.3, -0.25) is 4.94 Å². The number of hydrogen-bond donors (Lipinski definition) is 1. The molecule has 0 spiro atoms. The zero-order chi connectivity index (χ0) is 18.4. The summed E-state index contributed by atoms with van der Waals surface area (Å²) < 4.78 is 17.2. The molecule has 0 aromatic heterocycles. The van der Waals surface area contributed by atoms with Gasteiger partial charge in [0.05, 0.1) is 0 Å². The molecular weight excluding hydrogens is 322 g/mol. The minimum atomic E-state index is -1.09. The van der Waals surface area contributed by atoms with Crippen LogP contribution in [0.1, 0.15) is 31.9 Å². The Morgan fingerprint density at radius 1 is 1.16 bits per heavy atom. The van der Waals surface area contributed by atoms with Crippen molar-refractivity contribution in [2.24, 2.45) is 0 Å². The zero-order valence-corrected chi connectivity index (χ0v) is 14.4. The SMILES string of the molecule is CC(C)(C)c1cccc(B(O)Oc2ccc(/C=C/C(=O)OF)cc2)c1. The molecule has 1 N–H and O–H groups in total. The van der Waals surface area contributed by atoms with Crippen LogP contribution in [0.15, 0.2) is 54.6 Å². The normalized spacial score (nSPS) is 11.4. The maximum absolute atomic E-state index is 11.6. The largest absolute Gasteiger partial charge is 0.560 e. The highest BCUT2D eigenvalue weighted by atomic mass is 19.3. The molecule has 0 amide bonds. The summed E-state index contributed by atoms with van der Waals surface area (Å²) in [5, 5.41) is 10.3. The maximum Gasteiger partial charge on any atom is 0.560 e. The second-order valence-corrected chi connectivity index (χ2v) is 6.64. The Balaban J connectivity index is 2.07. The van der Waals surface area contributed by atoms with Crippen molar-refractivity contribution in [2.45, 2.75) is 26.2 Å². The first kappa shape index (κ1) is 18.7. The molecule has 0 bridgehead atoms. The van der Waals surface area contributed by atoms with Gasteiger partial charge in [-0.25, -0.2) is 4.79 Å². The molecule has 0 aliphatic carbocycles. The van der Waals surface area contributed by atoms with Crippen LogP contribution in [-0.2, 0) is 15.2 Å². The fourth-order valence-corrected chi connectivity index (χ4v) is 2.20. The van der Waals surface area contributed by atoms with E-state index in [1.165, 1.54) is 6.08 Å². The summed E-state index contributed by atoms with van der Waals surface area (Å²) in [4.78, 5) is 13.8. The van der Waals surface area contributed by atoms with Crippen LogP contribution in [0.4, 0.5) is 4.53 Å². The molecule has 0 radical (unpaired) electrons. The van der Waals surface area contributed by atoms with Gasteiger partial charge in [0.15, 0.2) is 0 Å². The number of halogens is 1. The zero-order valence-electron chi connectivity index (χ0n) is 14.4. The molecular formula is C19H20BFO4. The predicted octanol–water partition coefficient (Wildman–Crippen LogP) is 3.19. The second-order valence-electron chi connectivity index (χ2n) is 6.64. The lowest BCUT2D eigenvalue weighted by Gasteiger charge is -2.20. The van der Waals surface area contributed by atoms with Crippen LogP contribution in [0.5, 0.6) is 5.75 Å². The Morgan fingerprint density at radius 3 is 2.44 bits per heavy atom. The van der Waals surface area contributed by atoms with E-state index < -0.39 is 13.1 Å². The summed E-state index contributed by atoms with van der Waals surface area (Å²) in [5.41, 5.74) is 2.42. The fraction of sp³-hybridized carbons (Fsp3) is 0.211. The number of rotatable bonds is 5. The molecule has 2 aromatic rings. The monoisotopic (exact) mass is 342 g/mol. The third-order valence-corrected chi connectivity index (χ3v) is 3.65. The van der Waals surface area contributed by atoms with Crippen LogP contribution >= 0.6 is 0 Å². The van der Waals surface area contributed by atoms with Gasteiger partial charge in [-0.1, -0.05) is 57.2 Å². The minimum absolute atomic E-state index is 0.0233. The molecule has 0 atom stereocenters. The van der Waals surface area contributed by atoms with Crippen molar-refractivity contribution in [3.63, 3.8) is 0 Å². The van der Waals surface area contributed by atoms with Gasteiger partial charge in [0, 0.05) is 10.6 Å². The fourth-order valence-electron chi connectivity index (χ4n) is 2.20. The van der Waals surface area contributed by atoms with Gasteiger partial charge in [0.2, 0.25) is 0 Å². The van der Waals surface area contributed by atoms with Gasteiger partial charge in [-0.15, -0.1) is 0 Å². The topological polar surface area (TPSA) is 55.8 Å². The molecule has 130 valence electrons. The van der Waals surface area contributed by atoms with Gasteiger partial charge in [-0.05, 0) is 40.2 Å². The van der Waals surface area contributed by atoms with Gasteiger partial charge in [0.1, 0.15) is 5.75 Å². The van der Waals surface area contributed by atoms with E-state index in [1.54, 1.807) is 30.3 Å². The summed E-state index contributed by atoms with van der Waals surface area (Å²) in [6.07, 6.45) is 2.39. The minimum Gasteiger partial charge on any atom is -0.532 e. The smallest absolute Gasteiger partial charge is 0.532 e. The molecule has 0 unspecified atom stereocenters. The Labute approximate surface area is 146 Å². The molecule has 0 aliphatic rings. The number of hydrogen-bond acceptors (Lipinski definition) is 4. The third kappa shape index (κ3) is 5.46. The molecule has 0 aliphatic heterocycles. The molecule has 0 fully saturated rings. The van der Waals surface area contributed by atoms with Crippen molar-refractivity contribution < 1.29 is 23.9 Å². The van der Waals surface area contributed by atoms with E-state index in [0.717, 1.165) is 11.6 Å². The van der Waals surface area contributed by atoms with Crippen LogP contribution in [0.25, 0.3) is 6.08 Å². The van der Waals surface area contributed by atoms with Gasteiger partial charge in [-0.2, -0.15) is 0 Å². The van der Waals surface area contributed by atoms with E-state index in [9.17, 15) is 14.3 Å². The van der Waals surface area contributed by atoms with E-state index in [2.05, 4.69) is 25.7 Å². The summed E-state index contributed by atoms with van der Waals surface area (Å²) >= 11 is 0. The van der Waals surface area contributed by atoms with Gasteiger partial charge >= 0.3 is 13.1 Å². The van der Waals surface area contributed by atoms with Crippen LogP contribution < -0.4 is 10.1 Å². The lowest BCUT2D eigenvalue weighted by molar-refractivity contribution is -0.176. The molecule has 0 saturated carbocycles. The Kier molecular flexibility index (Phi) is 5.99. The van der Waals surface area contributed by atoms with Gasteiger partial charge in [0.25, 0.3) is 0 Å². The first-order valence-electron chi connectivity index (χ1n) is 7.85. The van der Waals surface area contributed by atoms with E-state index in [4.69, 9.17) is 4.65 Å². The van der Waals surface area contributed by atoms with Crippen molar-refractivity contribution in [1.29, 1.82) is 0 Å². The highest BCUT2D eigenvalue weighted by Crippen LogP contribution is 2.21. The lowest BCUT2D eigenvalue weighted by Crippen LogP contribution is -2.37. The molecule has 25 heavy (non-hydrogen) atoms. The van der Waals surface area contributed by atoms with Crippen molar-refractivity contribution in [1.82, 2.24) is 0 Å². The molecule has 2 rings (SSSR count). The van der Waals surface area contributed by atoms with E-state index in [-0.39, 0.29) is 5.41 Å². The van der Waals surface area contributed by atoms with Crippen LogP contribution in [-0.4, -0.2) is 18.1 Å². The van der Waals surface area contributed by atoms with E-state index in [1.807, 2.05) is 18.2 Å². The first-order chi connectivity index (χ1) is 11.8. The van der Waals surface area contributed by atoms with Crippen LogP contribution in [0.2, 0.25) is 0 Å². The number of carbonyl (C=O) groups is 1. The summed E-state index contributed by atoms with van der Waals surface area (Å²) in [5.74, 6) is -0.603. The van der Waals surface area contributed by atoms with Crippen molar-refractivity contribution in [2.75, 3.05) is 0 Å². The molecule has 6 heteroatoms. The molecule has 0 heterocycles. The van der Waals surface area contributed by atoms with Crippen molar-refractivity contribution in [3.05, 3.63) is 65.7 Å². The number of carbonyl (C=O) groups excluding carboxylic acids is 1. The Morgan fingerprint density at radius 2 is 1.84 bits per heavy atom. The first-order valence-corrected chi connectivity index (χ1v) is 7.85. The van der Waals surface area contributed by atoms with E-state index >= 15 is 0 Å². The standard InChI is InChI=1S/C19H20BFO4/c1-19(2,3)15-5-4-6-16(13-15)20(23)24-17-10-7-14(8-11-17)9-12-18(22)25-21/h4-13,23H,1-3H3/b12-9+. The molecule has 0 saturated heterocycles. The average Bonchev–Trinajstić information content (AvgIpc) is 2.60. The van der Waals surface area contributed by atoms with Gasteiger partial charge < -0.3 is 9.68 Å². The predicted molar refractivity (Wildman–Crippen MR) is 96.1 cm³/mol. The number of benzene rings is 2. The summed E-state index contributed by atoms with van der Waals surface area (Å²) in [6.45, 7) is 6.30. The van der Waals surface area contributed by atoms with E-state index in [0.29, 0.717) is 16.8 Å². The summed E-state index contributed by atoms with van der Waals surface area (Å²) in [7, 11) is -1.09. The van der Waals surface area contributed by atoms with Crippen molar-refractivity contribution >= 4 is 24.6 Å². The maximum atomic E-state index is 11.6. The molecule has 2 aromatic carbocycles. The third-order valence-electron chi connectivity index (χ3n) is 3.65. The lowest BCUT2D eigenvalue weighted by atomic mass is 9.75.